The average Bonchev–Trinajstić information content (AvgIpc) is 2.89. The van der Waals surface area contributed by atoms with Crippen LogP contribution < -0.4 is 5.32 Å². The number of aryl methyl sites for hydroxylation is 1. The zero-order chi connectivity index (χ0) is 11.6. The molecule has 5 heteroatoms. The second-order valence-electron chi connectivity index (χ2n) is 4.45. The van der Waals surface area contributed by atoms with E-state index in [0.717, 1.165) is 24.0 Å². The van der Waals surface area contributed by atoms with E-state index in [1.165, 1.54) is 12.8 Å². The Bertz CT molecular complexity index is 385. The van der Waals surface area contributed by atoms with Gasteiger partial charge in [-0.25, -0.2) is 0 Å². The number of alkyl halides is 1. The van der Waals surface area contributed by atoms with Gasteiger partial charge >= 0.3 is 0 Å². The lowest BCUT2D eigenvalue weighted by Crippen LogP contribution is -2.30. The van der Waals surface area contributed by atoms with Crippen molar-refractivity contribution in [1.82, 2.24) is 10.5 Å². The summed E-state index contributed by atoms with van der Waals surface area (Å²) in [5, 5.41) is 7.59. The van der Waals surface area contributed by atoms with Gasteiger partial charge in [-0.05, 0) is 31.6 Å². The summed E-state index contributed by atoms with van der Waals surface area (Å²) in [6.45, 7) is 2.53. The fraction of sp³-hybridized carbons (Fsp3) is 0.636. The highest BCUT2D eigenvalue weighted by Crippen LogP contribution is 2.48. The van der Waals surface area contributed by atoms with Crippen LogP contribution in [0, 0.1) is 12.3 Å². The maximum absolute atomic E-state index is 11.7. The van der Waals surface area contributed by atoms with Crippen molar-refractivity contribution in [2.75, 3.05) is 11.9 Å². The number of hydrogen-bond acceptors (Lipinski definition) is 3. The molecule has 1 N–H and O–H groups in total. The highest BCUT2D eigenvalue weighted by molar-refractivity contribution is 9.09. The number of nitrogens with one attached hydrogen (secondary N) is 1. The monoisotopic (exact) mass is 286 g/mol. The third kappa shape index (κ3) is 2.64. The molecule has 0 unspecified atom stereocenters. The van der Waals surface area contributed by atoms with E-state index in [-0.39, 0.29) is 5.91 Å². The van der Waals surface area contributed by atoms with Crippen molar-refractivity contribution in [3.63, 3.8) is 0 Å². The zero-order valence-electron chi connectivity index (χ0n) is 9.25. The molecule has 0 aliphatic heterocycles. The van der Waals surface area contributed by atoms with Gasteiger partial charge in [0, 0.05) is 17.9 Å². The van der Waals surface area contributed by atoms with Gasteiger partial charge in [-0.3, -0.25) is 4.79 Å². The first kappa shape index (κ1) is 11.6. The summed E-state index contributed by atoms with van der Waals surface area (Å²) in [6.07, 6.45) is 3.52. The molecule has 1 aromatic rings. The number of hydrogen-bond donors (Lipinski definition) is 1. The highest BCUT2D eigenvalue weighted by atomic mass is 79.9. The summed E-state index contributed by atoms with van der Waals surface area (Å²) in [4.78, 5) is 11.7. The van der Waals surface area contributed by atoms with Gasteiger partial charge in [0.25, 0.3) is 5.91 Å². The van der Waals surface area contributed by atoms with Crippen molar-refractivity contribution < 1.29 is 9.32 Å². The normalized spacial score (nSPS) is 17.1. The van der Waals surface area contributed by atoms with E-state index in [0.29, 0.717) is 11.2 Å². The molecule has 0 atom stereocenters. The number of carbonyl (C=O) groups excluding carboxylic acids is 1. The Kier molecular flexibility index (Phi) is 3.33. The van der Waals surface area contributed by atoms with E-state index in [1.54, 1.807) is 13.0 Å². The maximum atomic E-state index is 11.7. The first-order chi connectivity index (χ1) is 7.65. The standard InChI is InChI=1S/C11H15BrN2O2/c1-8-6-9(16-14-8)10(15)13-7-11(2-3-11)4-5-12/h6H,2-5,7H2,1H3,(H,13,15). The molecule has 1 heterocycles. The fourth-order valence-electron chi connectivity index (χ4n) is 1.72. The molecule has 1 saturated carbocycles. The van der Waals surface area contributed by atoms with E-state index >= 15 is 0 Å². The number of carbonyl (C=O) groups is 1. The zero-order valence-corrected chi connectivity index (χ0v) is 10.8. The molecule has 0 radical (unpaired) electrons. The molecule has 1 amide bonds. The van der Waals surface area contributed by atoms with Crippen LogP contribution in [0.4, 0.5) is 0 Å². The Balaban J connectivity index is 1.84. The van der Waals surface area contributed by atoms with Gasteiger partial charge in [0.15, 0.2) is 0 Å². The van der Waals surface area contributed by atoms with Crippen LogP contribution in [0.1, 0.15) is 35.5 Å². The molecule has 0 spiro atoms. The van der Waals surface area contributed by atoms with Crippen LogP contribution in [0.25, 0.3) is 0 Å². The predicted molar refractivity (Wildman–Crippen MR) is 63.7 cm³/mol. The van der Waals surface area contributed by atoms with Crippen LogP contribution in [-0.2, 0) is 0 Å². The van der Waals surface area contributed by atoms with Crippen molar-refractivity contribution in [3.8, 4) is 0 Å². The molecular formula is C11H15BrN2O2. The minimum atomic E-state index is -0.165. The summed E-state index contributed by atoms with van der Waals surface area (Å²) < 4.78 is 4.90. The highest BCUT2D eigenvalue weighted by Gasteiger charge is 2.41. The number of nitrogens with zero attached hydrogens (tertiary/aromatic N) is 1. The van der Waals surface area contributed by atoms with Crippen LogP contribution in [0.5, 0.6) is 0 Å². The molecule has 1 aromatic heterocycles. The first-order valence-corrected chi connectivity index (χ1v) is 6.55. The Morgan fingerprint density at radius 2 is 2.44 bits per heavy atom. The summed E-state index contributed by atoms with van der Waals surface area (Å²) in [6, 6.07) is 1.65. The van der Waals surface area contributed by atoms with E-state index in [1.807, 2.05) is 0 Å². The Morgan fingerprint density at radius 3 is 2.94 bits per heavy atom. The molecule has 2 rings (SSSR count). The van der Waals surface area contributed by atoms with E-state index in [9.17, 15) is 4.79 Å². The van der Waals surface area contributed by atoms with Crippen LogP contribution in [0.15, 0.2) is 10.6 Å². The number of halogens is 1. The largest absolute Gasteiger partial charge is 0.351 e. The minimum Gasteiger partial charge on any atom is -0.351 e. The number of amides is 1. The van der Waals surface area contributed by atoms with Crippen LogP contribution in [-0.4, -0.2) is 22.9 Å². The molecule has 0 bridgehead atoms. The van der Waals surface area contributed by atoms with Gasteiger partial charge < -0.3 is 9.84 Å². The van der Waals surface area contributed by atoms with E-state index < -0.39 is 0 Å². The molecule has 1 fully saturated rings. The minimum absolute atomic E-state index is 0.165. The molecule has 4 nitrogen and oxygen atoms in total. The average molecular weight is 287 g/mol. The lowest BCUT2D eigenvalue weighted by Gasteiger charge is -2.13. The van der Waals surface area contributed by atoms with Crippen molar-refractivity contribution in [2.24, 2.45) is 5.41 Å². The van der Waals surface area contributed by atoms with Crippen LogP contribution in [0.2, 0.25) is 0 Å². The number of rotatable bonds is 5. The Hall–Kier alpha value is -0.840. The smallest absolute Gasteiger partial charge is 0.289 e. The molecule has 0 saturated heterocycles. The molecule has 0 aromatic carbocycles. The van der Waals surface area contributed by atoms with Gasteiger partial charge in [0.1, 0.15) is 0 Å². The molecule has 1 aliphatic carbocycles. The third-order valence-electron chi connectivity index (χ3n) is 3.06. The van der Waals surface area contributed by atoms with Crippen molar-refractivity contribution >= 4 is 21.8 Å². The van der Waals surface area contributed by atoms with Gasteiger partial charge in [0.2, 0.25) is 5.76 Å². The van der Waals surface area contributed by atoms with Crippen molar-refractivity contribution in [1.29, 1.82) is 0 Å². The van der Waals surface area contributed by atoms with Crippen LogP contribution in [0.3, 0.4) is 0 Å². The summed E-state index contributed by atoms with van der Waals surface area (Å²) in [5.74, 6) is 0.133. The SMILES string of the molecule is Cc1cc(C(=O)NCC2(CCBr)CC2)on1. The lowest BCUT2D eigenvalue weighted by atomic mass is 10.0. The summed E-state index contributed by atoms with van der Waals surface area (Å²) in [5.41, 5.74) is 1.06. The quantitative estimate of drug-likeness (QED) is 0.845. The predicted octanol–water partition coefficient (Wildman–Crippen LogP) is 2.28. The second-order valence-corrected chi connectivity index (χ2v) is 5.25. The van der Waals surface area contributed by atoms with E-state index in [2.05, 4.69) is 26.4 Å². The Morgan fingerprint density at radius 1 is 1.69 bits per heavy atom. The molecular weight excluding hydrogens is 272 g/mol. The third-order valence-corrected chi connectivity index (χ3v) is 3.45. The van der Waals surface area contributed by atoms with Crippen LogP contribution >= 0.6 is 15.9 Å². The van der Waals surface area contributed by atoms with Gasteiger partial charge in [-0.15, -0.1) is 0 Å². The van der Waals surface area contributed by atoms with E-state index in [4.69, 9.17) is 4.52 Å². The van der Waals surface area contributed by atoms with Crippen molar-refractivity contribution in [2.45, 2.75) is 26.2 Å². The molecule has 1 aliphatic rings. The van der Waals surface area contributed by atoms with Gasteiger partial charge in [-0.2, -0.15) is 0 Å². The summed E-state index contributed by atoms with van der Waals surface area (Å²) in [7, 11) is 0. The Labute approximate surface area is 103 Å². The first-order valence-electron chi connectivity index (χ1n) is 5.43. The second kappa shape index (κ2) is 4.57. The lowest BCUT2D eigenvalue weighted by molar-refractivity contribution is 0.0907. The fourth-order valence-corrected chi connectivity index (χ4v) is 2.56. The maximum Gasteiger partial charge on any atom is 0.289 e. The number of aromatic nitrogens is 1. The topological polar surface area (TPSA) is 55.1 Å². The summed E-state index contributed by atoms with van der Waals surface area (Å²) >= 11 is 3.44. The van der Waals surface area contributed by atoms with Crippen molar-refractivity contribution in [3.05, 3.63) is 17.5 Å². The molecule has 88 valence electrons. The molecule has 16 heavy (non-hydrogen) atoms. The van der Waals surface area contributed by atoms with Gasteiger partial charge in [0.05, 0.1) is 5.69 Å². The van der Waals surface area contributed by atoms with Gasteiger partial charge in [-0.1, -0.05) is 21.1 Å².